The first-order valence-corrected chi connectivity index (χ1v) is 4.88. The Bertz CT molecular complexity index is 424. The molecule has 1 aromatic rings. The minimum absolute atomic E-state index is 0.338. The summed E-state index contributed by atoms with van der Waals surface area (Å²) in [6.07, 6.45) is 2.88. The molecular weight excluding hydrogens is 206 g/mol. The second-order valence-corrected chi connectivity index (χ2v) is 3.08. The number of hydrogen-bond donors (Lipinski definition) is 1. The van der Waals surface area contributed by atoms with Crippen molar-refractivity contribution >= 4 is 18.0 Å². The first kappa shape index (κ1) is 12.0. The zero-order chi connectivity index (χ0) is 12.0. The number of carbonyl (C=O) groups is 2. The highest BCUT2D eigenvalue weighted by atomic mass is 16.5. The van der Waals surface area contributed by atoms with Gasteiger partial charge < -0.3 is 10.5 Å². The van der Waals surface area contributed by atoms with Gasteiger partial charge in [0.15, 0.2) is 0 Å². The summed E-state index contributed by atoms with van der Waals surface area (Å²) in [5.41, 5.74) is 6.27. The molecule has 0 radical (unpaired) electrons. The van der Waals surface area contributed by atoms with Crippen LogP contribution in [0.15, 0.2) is 30.3 Å². The molecule has 4 nitrogen and oxygen atoms in total. The molecule has 0 bridgehead atoms. The molecule has 0 aliphatic rings. The molecule has 1 aromatic carbocycles. The Labute approximate surface area is 93.7 Å². The van der Waals surface area contributed by atoms with Crippen LogP contribution in [0.2, 0.25) is 0 Å². The fourth-order valence-corrected chi connectivity index (χ4v) is 1.15. The van der Waals surface area contributed by atoms with Crippen molar-refractivity contribution in [3.05, 3.63) is 41.5 Å². The van der Waals surface area contributed by atoms with Gasteiger partial charge >= 0.3 is 5.97 Å². The molecule has 16 heavy (non-hydrogen) atoms. The van der Waals surface area contributed by atoms with E-state index in [4.69, 9.17) is 10.5 Å². The van der Waals surface area contributed by atoms with Crippen molar-refractivity contribution in [2.24, 2.45) is 5.73 Å². The lowest BCUT2D eigenvalue weighted by atomic mass is 10.1. The third-order valence-electron chi connectivity index (χ3n) is 1.87. The predicted octanol–water partition coefficient (Wildman–Crippen LogP) is 1.36. The van der Waals surface area contributed by atoms with Crippen LogP contribution >= 0.6 is 0 Å². The molecule has 0 aromatic heterocycles. The summed E-state index contributed by atoms with van der Waals surface area (Å²) in [5.74, 6) is -0.904. The van der Waals surface area contributed by atoms with Crippen molar-refractivity contribution in [2.75, 3.05) is 6.61 Å². The minimum Gasteiger partial charge on any atom is -0.463 e. The summed E-state index contributed by atoms with van der Waals surface area (Å²) in [6.45, 7) is 2.07. The number of rotatable bonds is 4. The van der Waals surface area contributed by atoms with Crippen molar-refractivity contribution in [3.8, 4) is 0 Å². The summed E-state index contributed by atoms with van der Waals surface area (Å²) < 4.78 is 4.72. The van der Waals surface area contributed by atoms with Gasteiger partial charge in [0.2, 0.25) is 5.91 Å². The third-order valence-corrected chi connectivity index (χ3v) is 1.87. The van der Waals surface area contributed by atoms with Gasteiger partial charge in [0, 0.05) is 11.6 Å². The lowest BCUT2D eigenvalue weighted by Gasteiger charge is -1.98. The fraction of sp³-hybridized carbons (Fsp3) is 0.167. The Morgan fingerprint density at radius 2 is 2.19 bits per heavy atom. The van der Waals surface area contributed by atoms with Crippen LogP contribution < -0.4 is 5.73 Å². The summed E-state index contributed by atoms with van der Waals surface area (Å²) in [4.78, 5) is 21.9. The minimum atomic E-state index is -0.494. The monoisotopic (exact) mass is 219 g/mol. The molecule has 0 spiro atoms. The first-order chi connectivity index (χ1) is 7.63. The topological polar surface area (TPSA) is 69.4 Å². The molecule has 2 N–H and O–H groups in total. The predicted molar refractivity (Wildman–Crippen MR) is 60.6 cm³/mol. The molecule has 84 valence electrons. The van der Waals surface area contributed by atoms with Gasteiger partial charge in [-0.25, -0.2) is 4.79 Å². The van der Waals surface area contributed by atoms with E-state index < -0.39 is 11.9 Å². The second-order valence-electron chi connectivity index (χ2n) is 3.08. The zero-order valence-electron chi connectivity index (χ0n) is 8.97. The molecule has 1 rings (SSSR count). The Morgan fingerprint density at radius 1 is 1.44 bits per heavy atom. The quantitative estimate of drug-likeness (QED) is 0.614. The Kier molecular flexibility index (Phi) is 4.27. The third kappa shape index (κ3) is 3.57. The van der Waals surface area contributed by atoms with E-state index in [-0.39, 0.29) is 0 Å². The number of nitrogens with two attached hydrogens (primary N) is 1. The maximum absolute atomic E-state index is 11.0. The average Bonchev–Trinajstić information content (AvgIpc) is 2.27. The van der Waals surface area contributed by atoms with E-state index in [1.165, 1.54) is 6.08 Å². The van der Waals surface area contributed by atoms with Crippen LogP contribution in [-0.2, 0) is 9.53 Å². The van der Waals surface area contributed by atoms with E-state index in [0.717, 1.165) is 5.56 Å². The molecule has 1 amide bonds. The highest BCUT2D eigenvalue weighted by molar-refractivity contribution is 5.94. The first-order valence-electron chi connectivity index (χ1n) is 4.88. The number of primary amides is 1. The number of ether oxygens (including phenoxy) is 1. The van der Waals surface area contributed by atoms with Crippen LogP contribution in [0, 0.1) is 0 Å². The number of carbonyl (C=O) groups excluding carboxylic acids is 2. The number of hydrogen-bond acceptors (Lipinski definition) is 3. The van der Waals surface area contributed by atoms with Crippen LogP contribution in [-0.4, -0.2) is 18.5 Å². The normalized spacial score (nSPS) is 10.3. The van der Waals surface area contributed by atoms with Crippen molar-refractivity contribution in [1.29, 1.82) is 0 Å². The molecule has 4 heteroatoms. The van der Waals surface area contributed by atoms with Crippen molar-refractivity contribution < 1.29 is 14.3 Å². The summed E-state index contributed by atoms with van der Waals surface area (Å²) in [7, 11) is 0. The lowest BCUT2D eigenvalue weighted by molar-refractivity contribution is -0.137. The van der Waals surface area contributed by atoms with E-state index >= 15 is 0 Å². The molecule has 0 saturated carbocycles. The maximum atomic E-state index is 11.0. The van der Waals surface area contributed by atoms with Gasteiger partial charge in [-0.3, -0.25) is 4.79 Å². The zero-order valence-corrected chi connectivity index (χ0v) is 8.97. The van der Waals surface area contributed by atoms with Gasteiger partial charge in [0.25, 0.3) is 0 Å². The summed E-state index contributed by atoms with van der Waals surface area (Å²) in [5, 5.41) is 0. The molecule has 0 heterocycles. The largest absolute Gasteiger partial charge is 0.463 e. The number of esters is 1. The van der Waals surface area contributed by atoms with Gasteiger partial charge in [0.1, 0.15) is 0 Å². The Hall–Kier alpha value is -2.10. The Morgan fingerprint density at radius 3 is 2.81 bits per heavy atom. The average molecular weight is 219 g/mol. The molecule has 0 atom stereocenters. The van der Waals surface area contributed by atoms with Crippen LogP contribution in [0.4, 0.5) is 0 Å². The molecule has 0 aliphatic heterocycles. The molecule has 0 unspecified atom stereocenters. The van der Waals surface area contributed by atoms with E-state index in [2.05, 4.69) is 0 Å². The lowest BCUT2D eigenvalue weighted by Crippen LogP contribution is -2.10. The highest BCUT2D eigenvalue weighted by Crippen LogP contribution is 2.06. The van der Waals surface area contributed by atoms with E-state index in [1.54, 1.807) is 37.3 Å². The van der Waals surface area contributed by atoms with Crippen LogP contribution in [0.25, 0.3) is 6.08 Å². The van der Waals surface area contributed by atoms with Crippen molar-refractivity contribution in [1.82, 2.24) is 0 Å². The van der Waals surface area contributed by atoms with Crippen molar-refractivity contribution in [2.45, 2.75) is 6.92 Å². The Balaban J connectivity index is 2.77. The van der Waals surface area contributed by atoms with Crippen LogP contribution in [0.3, 0.4) is 0 Å². The van der Waals surface area contributed by atoms with E-state index in [1.807, 2.05) is 0 Å². The molecule has 0 saturated heterocycles. The summed E-state index contributed by atoms with van der Waals surface area (Å²) in [6, 6.07) is 6.69. The summed E-state index contributed by atoms with van der Waals surface area (Å²) >= 11 is 0. The van der Waals surface area contributed by atoms with Gasteiger partial charge in [-0.1, -0.05) is 12.1 Å². The molecular formula is C12H13NO3. The fourth-order valence-electron chi connectivity index (χ4n) is 1.15. The van der Waals surface area contributed by atoms with E-state index in [9.17, 15) is 9.59 Å². The van der Waals surface area contributed by atoms with Gasteiger partial charge in [-0.15, -0.1) is 0 Å². The standard InChI is InChI=1S/C12H13NO3/c1-2-16-11(14)7-6-9-4-3-5-10(8-9)12(13)15/h3-8H,2H2,1H3,(H2,13,15)/b7-6+. The van der Waals surface area contributed by atoms with Gasteiger partial charge in [0.05, 0.1) is 6.61 Å². The van der Waals surface area contributed by atoms with Crippen LogP contribution in [0.5, 0.6) is 0 Å². The van der Waals surface area contributed by atoms with E-state index in [0.29, 0.717) is 12.2 Å². The van der Waals surface area contributed by atoms with Crippen molar-refractivity contribution in [3.63, 3.8) is 0 Å². The highest BCUT2D eigenvalue weighted by Gasteiger charge is 1.99. The SMILES string of the molecule is CCOC(=O)/C=C/c1cccc(C(N)=O)c1. The second kappa shape index (κ2) is 5.70. The number of amides is 1. The van der Waals surface area contributed by atoms with Gasteiger partial charge in [-0.05, 0) is 30.7 Å². The van der Waals surface area contributed by atoms with Gasteiger partial charge in [-0.2, -0.15) is 0 Å². The smallest absolute Gasteiger partial charge is 0.330 e. The maximum Gasteiger partial charge on any atom is 0.330 e. The molecule has 0 fully saturated rings. The molecule has 0 aliphatic carbocycles. The number of benzene rings is 1. The van der Waals surface area contributed by atoms with Crippen LogP contribution in [0.1, 0.15) is 22.8 Å².